The second kappa shape index (κ2) is 7.51. The molecule has 0 spiro atoms. The second-order valence-electron chi connectivity index (χ2n) is 2.83. The van der Waals surface area contributed by atoms with Gasteiger partial charge in [0.2, 0.25) is 0 Å². The summed E-state index contributed by atoms with van der Waals surface area (Å²) in [5.74, 6) is -0.136. The van der Waals surface area contributed by atoms with Gasteiger partial charge in [-0.05, 0) is 30.5 Å². The standard InChI is InChI=1S/C10H13FO.C2H6/c1-8-3-4-9(5-6-12-2)7-10(8)11;1-2/h3-4,7H,5-6H2,1-2H3;1-2H3. The Morgan fingerprint density at radius 2 is 1.93 bits per heavy atom. The number of hydrogen-bond acceptors (Lipinski definition) is 1. The molecule has 0 fully saturated rings. The van der Waals surface area contributed by atoms with Crippen molar-refractivity contribution < 1.29 is 9.13 Å². The smallest absolute Gasteiger partial charge is 0.126 e. The van der Waals surface area contributed by atoms with Gasteiger partial charge in [-0.1, -0.05) is 26.0 Å². The highest BCUT2D eigenvalue weighted by Gasteiger charge is 1.98. The monoisotopic (exact) mass is 198 g/mol. The second-order valence-corrected chi connectivity index (χ2v) is 2.83. The lowest BCUT2D eigenvalue weighted by Gasteiger charge is -2.01. The van der Waals surface area contributed by atoms with Crippen LogP contribution in [0.25, 0.3) is 0 Å². The van der Waals surface area contributed by atoms with Crippen molar-refractivity contribution in [1.29, 1.82) is 0 Å². The first-order valence-corrected chi connectivity index (χ1v) is 4.98. The van der Waals surface area contributed by atoms with Crippen LogP contribution in [0.2, 0.25) is 0 Å². The van der Waals surface area contributed by atoms with Gasteiger partial charge in [-0.3, -0.25) is 0 Å². The van der Waals surface area contributed by atoms with Crippen LogP contribution in [0.4, 0.5) is 4.39 Å². The Morgan fingerprint density at radius 3 is 2.43 bits per heavy atom. The van der Waals surface area contributed by atoms with Crippen LogP contribution in [0, 0.1) is 12.7 Å². The summed E-state index contributed by atoms with van der Waals surface area (Å²) in [6.45, 7) is 6.40. The van der Waals surface area contributed by atoms with Gasteiger partial charge in [-0.2, -0.15) is 0 Å². The summed E-state index contributed by atoms with van der Waals surface area (Å²) in [5.41, 5.74) is 1.68. The molecule has 80 valence electrons. The minimum atomic E-state index is -0.136. The summed E-state index contributed by atoms with van der Waals surface area (Å²) in [6.07, 6.45) is 0.772. The number of rotatable bonds is 3. The van der Waals surface area contributed by atoms with Crippen molar-refractivity contribution in [3.8, 4) is 0 Å². The van der Waals surface area contributed by atoms with Crippen molar-refractivity contribution >= 4 is 0 Å². The normalized spacial score (nSPS) is 9.21. The van der Waals surface area contributed by atoms with Crippen LogP contribution in [-0.4, -0.2) is 13.7 Å². The average Bonchev–Trinajstić information content (AvgIpc) is 2.23. The molecule has 0 atom stereocenters. The Balaban J connectivity index is 0.000000791. The van der Waals surface area contributed by atoms with Crippen molar-refractivity contribution in [1.82, 2.24) is 0 Å². The van der Waals surface area contributed by atoms with Gasteiger partial charge in [0.25, 0.3) is 0 Å². The van der Waals surface area contributed by atoms with Gasteiger partial charge < -0.3 is 4.74 Å². The maximum absolute atomic E-state index is 13.0. The first-order valence-electron chi connectivity index (χ1n) is 4.98. The van der Waals surface area contributed by atoms with Crippen LogP contribution in [-0.2, 0) is 11.2 Å². The van der Waals surface area contributed by atoms with Gasteiger partial charge in [0.15, 0.2) is 0 Å². The number of benzene rings is 1. The molecular formula is C12H19FO. The highest BCUT2D eigenvalue weighted by Crippen LogP contribution is 2.09. The molecule has 14 heavy (non-hydrogen) atoms. The molecule has 0 heterocycles. The Hall–Kier alpha value is -0.890. The third-order valence-electron chi connectivity index (χ3n) is 1.83. The van der Waals surface area contributed by atoms with Gasteiger partial charge in [-0.25, -0.2) is 4.39 Å². The third kappa shape index (κ3) is 4.38. The van der Waals surface area contributed by atoms with E-state index in [1.165, 1.54) is 0 Å². The van der Waals surface area contributed by atoms with Crippen LogP contribution in [0.15, 0.2) is 18.2 Å². The van der Waals surface area contributed by atoms with E-state index in [4.69, 9.17) is 4.74 Å². The molecule has 1 nitrogen and oxygen atoms in total. The molecule has 0 saturated carbocycles. The summed E-state index contributed by atoms with van der Waals surface area (Å²) in [7, 11) is 1.64. The SMILES string of the molecule is CC.COCCc1ccc(C)c(F)c1. The molecule has 0 radical (unpaired) electrons. The Kier molecular flexibility index (Phi) is 7.03. The van der Waals surface area contributed by atoms with Crippen LogP contribution >= 0.6 is 0 Å². The fraction of sp³-hybridized carbons (Fsp3) is 0.500. The van der Waals surface area contributed by atoms with E-state index in [9.17, 15) is 4.39 Å². The lowest BCUT2D eigenvalue weighted by molar-refractivity contribution is 0.202. The van der Waals surface area contributed by atoms with E-state index < -0.39 is 0 Å². The zero-order valence-corrected chi connectivity index (χ0v) is 9.43. The minimum absolute atomic E-state index is 0.136. The van der Waals surface area contributed by atoms with E-state index >= 15 is 0 Å². The predicted octanol–water partition coefficient (Wildman–Crippen LogP) is 3.35. The summed E-state index contributed by atoms with van der Waals surface area (Å²) < 4.78 is 17.9. The molecule has 0 amide bonds. The Bertz CT molecular complexity index is 258. The first kappa shape index (κ1) is 13.1. The van der Waals surface area contributed by atoms with Crippen LogP contribution in [0.3, 0.4) is 0 Å². The van der Waals surface area contributed by atoms with Crippen molar-refractivity contribution in [3.63, 3.8) is 0 Å². The van der Waals surface area contributed by atoms with Crippen LogP contribution < -0.4 is 0 Å². The van der Waals surface area contributed by atoms with Crippen molar-refractivity contribution in [2.45, 2.75) is 27.2 Å². The molecule has 0 N–H and O–H groups in total. The quantitative estimate of drug-likeness (QED) is 0.723. The van der Waals surface area contributed by atoms with Crippen LogP contribution in [0.1, 0.15) is 25.0 Å². The number of halogens is 1. The van der Waals surface area contributed by atoms with E-state index in [2.05, 4.69) is 0 Å². The minimum Gasteiger partial charge on any atom is -0.384 e. The molecule has 0 unspecified atom stereocenters. The maximum atomic E-state index is 13.0. The molecule has 0 aliphatic heterocycles. The molecule has 0 aromatic heterocycles. The van der Waals surface area contributed by atoms with Gasteiger partial charge in [0, 0.05) is 7.11 Å². The number of methoxy groups -OCH3 is 1. The number of aryl methyl sites for hydroxylation is 1. The van der Waals surface area contributed by atoms with Crippen molar-refractivity contribution in [2.75, 3.05) is 13.7 Å². The highest BCUT2D eigenvalue weighted by molar-refractivity contribution is 5.23. The number of hydrogen-bond donors (Lipinski definition) is 0. The summed E-state index contributed by atoms with van der Waals surface area (Å²) in [6, 6.07) is 5.28. The third-order valence-corrected chi connectivity index (χ3v) is 1.83. The maximum Gasteiger partial charge on any atom is 0.126 e. The van der Waals surface area contributed by atoms with Gasteiger partial charge in [0.05, 0.1) is 6.61 Å². The lowest BCUT2D eigenvalue weighted by atomic mass is 10.1. The lowest BCUT2D eigenvalue weighted by Crippen LogP contribution is -1.95. The molecule has 0 aliphatic carbocycles. The van der Waals surface area contributed by atoms with Crippen molar-refractivity contribution in [3.05, 3.63) is 35.1 Å². The molecule has 2 heteroatoms. The number of ether oxygens (including phenoxy) is 1. The van der Waals surface area contributed by atoms with Crippen LogP contribution in [0.5, 0.6) is 0 Å². The van der Waals surface area contributed by atoms with E-state index in [0.717, 1.165) is 12.0 Å². The topological polar surface area (TPSA) is 9.23 Å². The first-order chi connectivity index (χ1) is 6.74. The Labute approximate surface area is 85.9 Å². The molecule has 1 rings (SSSR count). The summed E-state index contributed by atoms with van der Waals surface area (Å²) in [4.78, 5) is 0. The van der Waals surface area contributed by atoms with Gasteiger partial charge >= 0.3 is 0 Å². The molecule has 1 aromatic rings. The summed E-state index contributed by atoms with van der Waals surface area (Å²) >= 11 is 0. The molecule has 0 aliphatic rings. The molecular weight excluding hydrogens is 179 g/mol. The van der Waals surface area contributed by atoms with Gasteiger partial charge in [0.1, 0.15) is 5.82 Å². The molecule has 0 bridgehead atoms. The fourth-order valence-corrected chi connectivity index (χ4v) is 1.01. The van der Waals surface area contributed by atoms with Crippen molar-refractivity contribution in [2.24, 2.45) is 0 Å². The average molecular weight is 198 g/mol. The Morgan fingerprint density at radius 1 is 1.29 bits per heavy atom. The molecule has 0 saturated heterocycles. The van der Waals surface area contributed by atoms with E-state index in [1.807, 2.05) is 19.9 Å². The predicted molar refractivity (Wildman–Crippen MR) is 58.1 cm³/mol. The fourth-order valence-electron chi connectivity index (χ4n) is 1.01. The van der Waals surface area contributed by atoms with E-state index in [1.54, 1.807) is 26.2 Å². The van der Waals surface area contributed by atoms with Gasteiger partial charge in [-0.15, -0.1) is 0 Å². The largest absolute Gasteiger partial charge is 0.384 e. The van der Waals surface area contributed by atoms with E-state index in [-0.39, 0.29) is 5.82 Å². The highest BCUT2D eigenvalue weighted by atomic mass is 19.1. The van der Waals surface area contributed by atoms with E-state index in [0.29, 0.717) is 12.2 Å². The molecule has 1 aromatic carbocycles. The summed E-state index contributed by atoms with van der Waals surface area (Å²) in [5, 5.41) is 0. The zero-order chi connectivity index (χ0) is 11.0. The zero-order valence-electron chi connectivity index (χ0n) is 9.43.